The summed E-state index contributed by atoms with van der Waals surface area (Å²) in [5.41, 5.74) is 1.68. The summed E-state index contributed by atoms with van der Waals surface area (Å²) in [6.45, 7) is 2.94. The molecule has 0 fully saturated rings. The number of carbonyl (C=O) groups excluding carboxylic acids is 2. The zero-order chi connectivity index (χ0) is 21.2. The van der Waals surface area contributed by atoms with E-state index in [2.05, 4.69) is 10.7 Å². The number of amides is 2. The van der Waals surface area contributed by atoms with Crippen LogP contribution in [-0.2, 0) is 9.53 Å². The van der Waals surface area contributed by atoms with Gasteiger partial charge in [0, 0.05) is 16.9 Å². The normalized spacial score (nSPS) is 21.1. The van der Waals surface area contributed by atoms with Crippen LogP contribution in [0.4, 0.5) is 14.9 Å². The number of anilines is 1. The van der Waals surface area contributed by atoms with Crippen molar-refractivity contribution >= 4 is 17.7 Å². The quantitative estimate of drug-likeness (QED) is 0.688. The molecule has 1 aliphatic rings. The van der Waals surface area contributed by atoms with Crippen molar-refractivity contribution in [1.82, 2.24) is 10.4 Å². The van der Waals surface area contributed by atoms with E-state index < -0.39 is 29.5 Å². The average molecular weight is 399 g/mol. The largest absolute Gasteiger partial charge is 0.466 e. The molecule has 2 amide bonds. The van der Waals surface area contributed by atoms with Gasteiger partial charge in [0.25, 0.3) is 0 Å². The Kier molecular flexibility index (Phi) is 5.56. The Morgan fingerprint density at radius 2 is 1.76 bits per heavy atom. The summed E-state index contributed by atoms with van der Waals surface area (Å²) in [7, 11) is 1.20. The number of aliphatic hydroxyl groups is 1. The van der Waals surface area contributed by atoms with Gasteiger partial charge in [-0.15, -0.1) is 0 Å². The van der Waals surface area contributed by atoms with Crippen molar-refractivity contribution in [2.24, 2.45) is 0 Å². The van der Waals surface area contributed by atoms with Crippen molar-refractivity contribution in [1.29, 1.82) is 0 Å². The molecule has 0 saturated carbocycles. The molecule has 3 N–H and O–H groups in total. The highest BCUT2D eigenvalue weighted by atomic mass is 19.1. The Morgan fingerprint density at radius 1 is 1.14 bits per heavy atom. The number of ether oxygens (including phenoxy) is 1. The highest BCUT2D eigenvalue weighted by Crippen LogP contribution is 2.46. The molecule has 152 valence electrons. The highest BCUT2D eigenvalue weighted by molar-refractivity contribution is 5.93. The molecule has 0 aromatic heterocycles. The van der Waals surface area contributed by atoms with Crippen LogP contribution in [0.2, 0.25) is 0 Å². The fraction of sp³-hybridized carbons (Fsp3) is 0.238. The summed E-state index contributed by atoms with van der Waals surface area (Å²) < 4.78 is 19.4. The van der Waals surface area contributed by atoms with Crippen LogP contribution in [0.15, 0.2) is 65.9 Å². The lowest BCUT2D eigenvalue weighted by atomic mass is 9.85. The number of para-hydroxylation sites is 1. The molecule has 3 rings (SSSR count). The van der Waals surface area contributed by atoms with Gasteiger partial charge in [0.05, 0.1) is 18.6 Å². The molecule has 7 nitrogen and oxygen atoms in total. The maximum absolute atomic E-state index is 14.5. The second kappa shape index (κ2) is 7.92. The van der Waals surface area contributed by atoms with Crippen molar-refractivity contribution in [2.75, 3.05) is 12.4 Å². The summed E-state index contributed by atoms with van der Waals surface area (Å²) in [6, 6.07) is 14.0. The fourth-order valence-electron chi connectivity index (χ4n) is 3.59. The maximum atomic E-state index is 14.5. The Labute approximate surface area is 167 Å². The third-order valence-corrected chi connectivity index (χ3v) is 4.88. The lowest BCUT2D eigenvalue weighted by molar-refractivity contribution is -0.137. The van der Waals surface area contributed by atoms with Gasteiger partial charge < -0.3 is 15.2 Å². The molecular formula is C21H22FN3O4. The molecule has 0 saturated heterocycles. The molecule has 2 atom stereocenters. The Hall–Kier alpha value is -3.39. The van der Waals surface area contributed by atoms with Gasteiger partial charge in [-0.1, -0.05) is 36.4 Å². The number of nitrogens with zero attached hydrogens (tertiary/aromatic N) is 1. The monoisotopic (exact) mass is 399 g/mol. The number of esters is 1. The Bertz CT molecular complexity index is 959. The van der Waals surface area contributed by atoms with Crippen LogP contribution in [0, 0.1) is 5.82 Å². The van der Waals surface area contributed by atoms with Gasteiger partial charge >= 0.3 is 12.0 Å². The predicted molar refractivity (Wildman–Crippen MR) is 105 cm³/mol. The van der Waals surface area contributed by atoms with Crippen LogP contribution >= 0.6 is 0 Å². The van der Waals surface area contributed by atoms with E-state index in [9.17, 15) is 19.1 Å². The lowest BCUT2D eigenvalue weighted by Gasteiger charge is -2.37. The highest BCUT2D eigenvalue weighted by Gasteiger charge is 2.52. The first kappa shape index (κ1) is 20.3. The van der Waals surface area contributed by atoms with Gasteiger partial charge in [0.1, 0.15) is 5.82 Å². The molecule has 1 aliphatic heterocycles. The van der Waals surface area contributed by atoms with E-state index in [1.54, 1.807) is 37.3 Å². The van der Waals surface area contributed by atoms with Crippen molar-refractivity contribution in [3.8, 4) is 0 Å². The average Bonchev–Trinajstić information content (AvgIpc) is 2.89. The first-order chi connectivity index (χ1) is 13.8. The minimum atomic E-state index is -1.83. The maximum Gasteiger partial charge on any atom is 0.338 e. The van der Waals surface area contributed by atoms with E-state index in [0.29, 0.717) is 5.69 Å². The van der Waals surface area contributed by atoms with E-state index >= 15 is 0 Å². The van der Waals surface area contributed by atoms with Crippen molar-refractivity contribution in [3.05, 3.63) is 77.2 Å². The molecule has 8 heteroatoms. The molecular weight excluding hydrogens is 377 g/mol. The standard InChI is InChI=1S/C21H22FN3O4/c1-13-17(19(26)29-3)18(15-11-7-8-12-16(15)22)21(2,28)25(13)24-20(27)23-14-9-5-4-6-10-14/h4-12,18,28H,1-3H3,(H2,23,24,27). The molecule has 29 heavy (non-hydrogen) atoms. The summed E-state index contributed by atoms with van der Waals surface area (Å²) >= 11 is 0. The number of hydrogen-bond donors (Lipinski definition) is 3. The summed E-state index contributed by atoms with van der Waals surface area (Å²) in [4.78, 5) is 24.9. The van der Waals surface area contributed by atoms with E-state index in [-0.39, 0.29) is 16.8 Å². The molecule has 0 spiro atoms. The summed E-state index contributed by atoms with van der Waals surface area (Å²) in [5.74, 6) is -2.38. The van der Waals surface area contributed by atoms with Crippen LogP contribution in [0.3, 0.4) is 0 Å². The Morgan fingerprint density at radius 3 is 2.38 bits per heavy atom. The first-order valence-corrected chi connectivity index (χ1v) is 8.96. The molecule has 0 radical (unpaired) electrons. The number of carbonyl (C=O) groups is 2. The van der Waals surface area contributed by atoms with Crippen LogP contribution in [0.5, 0.6) is 0 Å². The molecule has 2 aromatic rings. The van der Waals surface area contributed by atoms with Crippen LogP contribution in [0.1, 0.15) is 25.3 Å². The van der Waals surface area contributed by atoms with Crippen LogP contribution in [-0.4, -0.2) is 35.0 Å². The van der Waals surface area contributed by atoms with Crippen molar-refractivity contribution < 1.29 is 23.8 Å². The smallest absolute Gasteiger partial charge is 0.338 e. The number of allylic oxidation sites excluding steroid dienone is 1. The fourth-order valence-corrected chi connectivity index (χ4v) is 3.59. The number of methoxy groups -OCH3 is 1. The zero-order valence-electron chi connectivity index (χ0n) is 16.3. The van der Waals surface area contributed by atoms with E-state index in [1.807, 2.05) is 6.07 Å². The van der Waals surface area contributed by atoms with E-state index in [0.717, 1.165) is 5.01 Å². The first-order valence-electron chi connectivity index (χ1n) is 8.96. The van der Waals surface area contributed by atoms with Crippen molar-refractivity contribution in [2.45, 2.75) is 25.5 Å². The third-order valence-electron chi connectivity index (χ3n) is 4.88. The lowest BCUT2D eigenvalue weighted by Crippen LogP contribution is -2.55. The molecule has 0 aliphatic carbocycles. The number of hydrazine groups is 1. The zero-order valence-corrected chi connectivity index (χ0v) is 16.3. The molecule has 1 heterocycles. The number of benzene rings is 2. The van der Waals surface area contributed by atoms with Gasteiger partial charge in [-0.25, -0.2) is 19.4 Å². The van der Waals surface area contributed by atoms with E-state index in [4.69, 9.17) is 4.74 Å². The SMILES string of the molecule is COC(=O)C1=C(C)N(NC(=O)Nc2ccccc2)C(C)(O)C1c1ccccc1F. The van der Waals surface area contributed by atoms with E-state index in [1.165, 1.54) is 32.2 Å². The molecule has 0 bridgehead atoms. The predicted octanol–water partition coefficient (Wildman–Crippen LogP) is 3.12. The second-order valence-corrected chi connectivity index (χ2v) is 6.81. The van der Waals surface area contributed by atoms with Crippen LogP contribution in [0.25, 0.3) is 0 Å². The second-order valence-electron chi connectivity index (χ2n) is 6.81. The number of rotatable bonds is 4. The number of urea groups is 1. The Balaban J connectivity index is 1.97. The van der Waals surface area contributed by atoms with Gasteiger partial charge in [-0.2, -0.15) is 0 Å². The van der Waals surface area contributed by atoms with Gasteiger partial charge in [0.15, 0.2) is 5.72 Å². The van der Waals surface area contributed by atoms with Crippen molar-refractivity contribution in [3.63, 3.8) is 0 Å². The van der Waals surface area contributed by atoms with Gasteiger partial charge in [-0.05, 0) is 32.0 Å². The molecule has 2 unspecified atom stereocenters. The summed E-state index contributed by atoms with van der Waals surface area (Å²) in [5, 5.41) is 15.0. The summed E-state index contributed by atoms with van der Waals surface area (Å²) in [6.07, 6.45) is 0. The topological polar surface area (TPSA) is 90.9 Å². The number of nitrogens with one attached hydrogen (secondary N) is 2. The van der Waals surface area contributed by atoms with Gasteiger partial charge in [-0.3, -0.25) is 5.01 Å². The van der Waals surface area contributed by atoms with Gasteiger partial charge in [0.2, 0.25) is 0 Å². The molecule has 2 aromatic carbocycles. The minimum Gasteiger partial charge on any atom is -0.466 e. The minimum absolute atomic E-state index is 0.0580. The number of halogens is 1. The number of hydrogen-bond acceptors (Lipinski definition) is 5. The van der Waals surface area contributed by atoms with Crippen LogP contribution < -0.4 is 10.7 Å². The third kappa shape index (κ3) is 3.79.